The highest BCUT2D eigenvalue weighted by atomic mass is 35.5. The molecule has 17 heavy (non-hydrogen) atoms. The third kappa shape index (κ3) is 2.65. The minimum Gasteiger partial charge on any atom is -0.354 e. The molecule has 0 fully saturated rings. The minimum atomic E-state index is -0.0210. The predicted molar refractivity (Wildman–Crippen MR) is 71.3 cm³/mol. The van der Waals surface area contributed by atoms with Gasteiger partial charge >= 0.3 is 0 Å². The molecular formula is C12H11ClN2OS. The molecule has 0 bridgehead atoms. The average Bonchev–Trinajstić information content (AvgIpc) is 2.78. The van der Waals surface area contributed by atoms with Gasteiger partial charge in [0.1, 0.15) is 0 Å². The number of rotatable bonds is 3. The summed E-state index contributed by atoms with van der Waals surface area (Å²) in [5.41, 5.74) is 0.628. The number of benzene rings is 1. The molecule has 1 aromatic carbocycles. The number of thiazole rings is 1. The van der Waals surface area contributed by atoms with Crippen molar-refractivity contribution in [2.75, 3.05) is 19.0 Å². The zero-order valence-corrected chi connectivity index (χ0v) is 11.0. The molecule has 0 spiro atoms. The number of halogens is 1. The van der Waals surface area contributed by atoms with E-state index in [-0.39, 0.29) is 5.78 Å². The van der Waals surface area contributed by atoms with Crippen LogP contribution in [0.2, 0.25) is 5.02 Å². The summed E-state index contributed by atoms with van der Waals surface area (Å²) in [4.78, 5) is 18.8. The highest BCUT2D eigenvalue weighted by Gasteiger charge is 2.13. The predicted octanol–water partition coefficient (Wildman–Crippen LogP) is 3.09. The molecule has 2 rings (SSSR count). The van der Waals surface area contributed by atoms with Crippen molar-refractivity contribution in [2.45, 2.75) is 0 Å². The van der Waals surface area contributed by atoms with E-state index < -0.39 is 0 Å². The highest BCUT2D eigenvalue weighted by Crippen LogP contribution is 2.23. The summed E-state index contributed by atoms with van der Waals surface area (Å²) in [7, 11) is 3.80. The topological polar surface area (TPSA) is 33.2 Å². The standard InChI is InChI=1S/C12H11ClN2OS/c1-15(2)12-14-7-10(17-12)11(16)8-3-5-9(13)6-4-8/h3-7H,1-2H3. The smallest absolute Gasteiger partial charge is 0.204 e. The summed E-state index contributed by atoms with van der Waals surface area (Å²) >= 11 is 7.16. The maximum Gasteiger partial charge on any atom is 0.204 e. The second kappa shape index (κ2) is 4.85. The first-order valence-corrected chi connectivity index (χ1v) is 6.21. The van der Waals surface area contributed by atoms with Crippen molar-refractivity contribution >= 4 is 33.9 Å². The molecule has 0 N–H and O–H groups in total. The minimum absolute atomic E-state index is 0.0210. The van der Waals surface area contributed by atoms with E-state index in [1.807, 2.05) is 19.0 Å². The zero-order chi connectivity index (χ0) is 12.4. The Morgan fingerprint density at radius 1 is 1.29 bits per heavy atom. The Bertz CT molecular complexity index is 534. The molecule has 0 saturated carbocycles. The monoisotopic (exact) mass is 266 g/mol. The number of hydrogen-bond donors (Lipinski definition) is 0. The molecule has 0 radical (unpaired) electrons. The largest absolute Gasteiger partial charge is 0.354 e. The fourth-order valence-corrected chi connectivity index (χ4v) is 2.25. The Hall–Kier alpha value is -1.39. The molecule has 88 valence electrons. The molecule has 1 heterocycles. The number of ketones is 1. The molecule has 5 heteroatoms. The van der Waals surface area contributed by atoms with Gasteiger partial charge in [-0.3, -0.25) is 4.79 Å². The van der Waals surface area contributed by atoms with Crippen LogP contribution >= 0.6 is 22.9 Å². The highest BCUT2D eigenvalue weighted by molar-refractivity contribution is 7.17. The number of aromatic nitrogens is 1. The number of carbonyl (C=O) groups excluding carboxylic acids is 1. The summed E-state index contributed by atoms with van der Waals surface area (Å²) in [6, 6.07) is 6.87. The van der Waals surface area contributed by atoms with Crippen molar-refractivity contribution in [2.24, 2.45) is 0 Å². The van der Waals surface area contributed by atoms with Crippen molar-refractivity contribution in [3.05, 3.63) is 45.9 Å². The van der Waals surface area contributed by atoms with Gasteiger partial charge < -0.3 is 4.90 Å². The van der Waals surface area contributed by atoms with Gasteiger partial charge in [-0.05, 0) is 24.3 Å². The van der Waals surface area contributed by atoms with Crippen molar-refractivity contribution in [3.63, 3.8) is 0 Å². The quantitative estimate of drug-likeness (QED) is 0.801. The van der Waals surface area contributed by atoms with Crippen LogP contribution in [0.25, 0.3) is 0 Å². The van der Waals surface area contributed by atoms with Crippen LogP contribution in [0.15, 0.2) is 30.5 Å². The number of carbonyl (C=O) groups is 1. The van der Waals surface area contributed by atoms with E-state index in [2.05, 4.69) is 4.98 Å². The van der Waals surface area contributed by atoms with Gasteiger partial charge in [0.05, 0.1) is 11.1 Å². The summed E-state index contributed by atoms with van der Waals surface area (Å²) in [5.74, 6) is -0.0210. The summed E-state index contributed by atoms with van der Waals surface area (Å²) in [6.07, 6.45) is 1.61. The maximum absolute atomic E-state index is 12.1. The SMILES string of the molecule is CN(C)c1ncc(C(=O)c2ccc(Cl)cc2)s1. The van der Waals surface area contributed by atoms with E-state index in [0.29, 0.717) is 15.5 Å². The number of nitrogens with zero attached hydrogens (tertiary/aromatic N) is 2. The molecular weight excluding hydrogens is 256 g/mol. The Kier molecular flexibility index (Phi) is 3.45. The summed E-state index contributed by atoms with van der Waals surface area (Å²) in [5, 5.41) is 1.45. The van der Waals surface area contributed by atoms with Gasteiger partial charge in [-0.25, -0.2) is 4.98 Å². The Morgan fingerprint density at radius 2 is 1.94 bits per heavy atom. The Labute approximate surface area is 109 Å². The van der Waals surface area contributed by atoms with Crippen LogP contribution in [0.4, 0.5) is 5.13 Å². The molecule has 3 nitrogen and oxygen atoms in total. The molecule has 0 saturated heterocycles. The van der Waals surface area contributed by atoms with E-state index >= 15 is 0 Å². The van der Waals surface area contributed by atoms with Crippen LogP contribution in [0.3, 0.4) is 0 Å². The number of hydrogen-bond acceptors (Lipinski definition) is 4. The van der Waals surface area contributed by atoms with Gasteiger partial charge in [0, 0.05) is 24.7 Å². The summed E-state index contributed by atoms with van der Waals surface area (Å²) < 4.78 is 0. The van der Waals surface area contributed by atoms with Gasteiger partial charge in [0.15, 0.2) is 5.13 Å². The second-order valence-electron chi connectivity index (χ2n) is 3.74. The van der Waals surface area contributed by atoms with Gasteiger partial charge in [0.25, 0.3) is 0 Å². The van der Waals surface area contributed by atoms with E-state index in [1.165, 1.54) is 11.3 Å². The van der Waals surface area contributed by atoms with Crippen LogP contribution in [0, 0.1) is 0 Å². The summed E-state index contributed by atoms with van der Waals surface area (Å²) in [6.45, 7) is 0. The molecule has 0 aliphatic heterocycles. The molecule has 2 aromatic rings. The first-order valence-electron chi connectivity index (χ1n) is 5.01. The molecule has 0 aliphatic rings. The maximum atomic E-state index is 12.1. The first-order chi connectivity index (χ1) is 8.08. The van der Waals surface area contributed by atoms with Gasteiger partial charge in [0.2, 0.25) is 5.78 Å². The van der Waals surface area contributed by atoms with Gasteiger partial charge in [-0.1, -0.05) is 22.9 Å². The van der Waals surface area contributed by atoms with Crippen LogP contribution in [0.1, 0.15) is 15.2 Å². The van der Waals surface area contributed by atoms with Crippen molar-refractivity contribution in [1.82, 2.24) is 4.98 Å². The van der Waals surface area contributed by atoms with Crippen molar-refractivity contribution in [3.8, 4) is 0 Å². The normalized spacial score (nSPS) is 10.3. The van der Waals surface area contributed by atoms with Crippen molar-refractivity contribution in [1.29, 1.82) is 0 Å². The van der Waals surface area contributed by atoms with Crippen LogP contribution < -0.4 is 4.90 Å². The van der Waals surface area contributed by atoms with Crippen LogP contribution in [-0.2, 0) is 0 Å². The fourth-order valence-electron chi connectivity index (χ4n) is 1.32. The van der Waals surface area contributed by atoms with Crippen molar-refractivity contribution < 1.29 is 4.79 Å². The van der Waals surface area contributed by atoms with E-state index in [9.17, 15) is 4.79 Å². The van der Waals surface area contributed by atoms with E-state index in [0.717, 1.165) is 5.13 Å². The molecule has 1 aromatic heterocycles. The number of anilines is 1. The molecule has 0 amide bonds. The van der Waals surface area contributed by atoms with E-state index in [1.54, 1.807) is 30.5 Å². The lowest BCUT2D eigenvalue weighted by molar-refractivity contribution is 0.104. The first kappa shape index (κ1) is 12.1. The van der Waals surface area contributed by atoms with Gasteiger partial charge in [-0.15, -0.1) is 0 Å². The lowest BCUT2D eigenvalue weighted by Crippen LogP contribution is -2.07. The van der Waals surface area contributed by atoms with E-state index in [4.69, 9.17) is 11.6 Å². The average molecular weight is 267 g/mol. The third-order valence-electron chi connectivity index (χ3n) is 2.21. The lowest BCUT2D eigenvalue weighted by Gasteiger charge is -2.05. The van der Waals surface area contributed by atoms with Crippen LogP contribution in [0.5, 0.6) is 0 Å². The Morgan fingerprint density at radius 3 is 2.47 bits per heavy atom. The molecule has 0 aliphatic carbocycles. The lowest BCUT2D eigenvalue weighted by atomic mass is 10.1. The third-order valence-corrected chi connectivity index (χ3v) is 3.62. The fraction of sp³-hybridized carbons (Fsp3) is 0.167. The Balaban J connectivity index is 2.27. The van der Waals surface area contributed by atoms with Gasteiger partial charge in [-0.2, -0.15) is 0 Å². The second-order valence-corrected chi connectivity index (χ2v) is 5.18. The zero-order valence-electron chi connectivity index (χ0n) is 9.48. The molecule has 0 atom stereocenters. The molecule has 0 unspecified atom stereocenters. The van der Waals surface area contributed by atoms with Crippen LogP contribution in [-0.4, -0.2) is 24.9 Å².